The molecule has 2 aliphatic rings. The third-order valence-corrected chi connectivity index (χ3v) is 7.10. The van der Waals surface area contributed by atoms with Gasteiger partial charge >= 0.3 is 0 Å². The molecule has 4 aromatic rings. The minimum atomic E-state index is -0.285. The Labute approximate surface area is 198 Å². The molecule has 0 nitrogen and oxygen atoms in total. The van der Waals surface area contributed by atoms with E-state index < -0.39 is 0 Å². The molecular weight excluding hydrogens is 396 g/mol. The lowest BCUT2D eigenvalue weighted by Gasteiger charge is -2.36. The SMILES string of the molecule is CC.Cc1ccc2c(c1)C(c1ccccc1)(c1ccc3ccccc3c1)C1=CC(C)CC=C12. The molecule has 0 heteroatoms. The second-order valence-electron chi connectivity index (χ2n) is 9.14. The highest BCUT2D eigenvalue weighted by Gasteiger charge is 2.48. The van der Waals surface area contributed by atoms with Crippen LogP contribution in [0.1, 0.15) is 55.0 Å². The van der Waals surface area contributed by atoms with Crippen molar-refractivity contribution in [3.05, 3.63) is 137 Å². The Morgan fingerprint density at radius 1 is 0.727 bits per heavy atom. The van der Waals surface area contributed by atoms with Crippen molar-refractivity contribution in [2.75, 3.05) is 0 Å². The number of benzene rings is 4. The summed E-state index contributed by atoms with van der Waals surface area (Å²) in [6, 6.07) is 33.9. The van der Waals surface area contributed by atoms with E-state index in [9.17, 15) is 0 Å². The largest absolute Gasteiger partial charge is 0.0760 e. The van der Waals surface area contributed by atoms with E-state index in [4.69, 9.17) is 0 Å². The normalized spacial score (nSPS) is 20.8. The quantitative estimate of drug-likeness (QED) is 0.299. The molecular formula is C33H32. The molecule has 6 rings (SSSR count). The molecule has 164 valence electrons. The van der Waals surface area contributed by atoms with Crippen LogP contribution in [0.25, 0.3) is 16.3 Å². The summed E-state index contributed by atoms with van der Waals surface area (Å²) in [5.74, 6) is 0.540. The van der Waals surface area contributed by atoms with Gasteiger partial charge in [-0.3, -0.25) is 0 Å². The second kappa shape index (κ2) is 8.52. The number of fused-ring (bicyclic) bond motifs is 4. The average molecular weight is 429 g/mol. The average Bonchev–Trinajstić information content (AvgIpc) is 3.15. The lowest BCUT2D eigenvalue weighted by atomic mass is 9.66. The van der Waals surface area contributed by atoms with Crippen LogP contribution < -0.4 is 0 Å². The zero-order chi connectivity index (χ0) is 23.0. The summed E-state index contributed by atoms with van der Waals surface area (Å²) < 4.78 is 0. The summed E-state index contributed by atoms with van der Waals surface area (Å²) in [5, 5.41) is 2.59. The Morgan fingerprint density at radius 3 is 2.24 bits per heavy atom. The van der Waals surface area contributed by atoms with Gasteiger partial charge in [0.15, 0.2) is 0 Å². The molecule has 4 aromatic carbocycles. The van der Waals surface area contributed by atoms with Gasteiger partial charge in [0, 0.05) is 0 Å². The first-order valence-corrected chi connectivity index (χ1v) is 12.3. The van der Waals surface area contributed by atoms with Gasteiger partial charge in [0.2, 0.25) is 0 Å². The van der Waals surface area contributed by atoms with Crippen molar-refractivity contribution in [1.82, 2.24) is 0 Å². The highest BCUT2D eigenvalue weighted by molar-refractivity contribution is 5.96. The highest BCUT2D eigenvalue weighted by Crippen LogP contribution is 2.59. The first-order chi connectivity index (χ1) is 16.2. The van der Waals surface area contributed by atoms with E-state index >= 15 is 0 Å². The lowest BCUT2D eigenvalue weighted by Crippen LogP contribution is -2.29. The first kappa shape index (κ1) is 21.5. The summed E-state index contributed by atoms with van der Waals surface area (Å²) in [6.07, 6.45) is 6.11. The van der Waals surface area contributed by atoms with Crippen LogP contribution in [0, 0.1) is 12.8 Å². The molecule has 2 aliphatic carbocycles. The van der Waals surface area contributed by atoms with Crippen LogP contribution in [-0.2, 0) is 5.41 Å². The van der Waals surface area contributed by atoms with E-state index in [1.165, 1.54) is 49.7 Å². The van der Waals surface area contributed by atoms with Crippen molar-refractivity contribution in [3.8, 4) is 0 Å². The fourth-order valence-corrected chi connectivity index (χ4v) is 5.69. The Bertz CT molecular complexity index is 1370. The molecule has 0 amide bonds. The van der Waals surface area contributed by atoms with E-state index in [0.717, 1.165) is 6.42 Å². The van der Waals surface area contributed by atoms with E-state index in [1.54, 1.807) is 0 Å². The number of rotatable bonds is 2. The van der Waals surface area contributed by atoms with Crippen molar-refractivity contribution in [2.45, 2.75) is 39.5 Å². The van der Waals surface area contributed by atoms with Gasteiger partial charge in [0.25, 0.3) is 0 Å². The van der Waals surface area contributed by atoms with E-state index in [0.29, 0.717) is 5.92 Å². The summed E-state index contributed by atoms with van der Waals surface area (Å²) in [4.78, 5) is 0. The number of hydrogen-bond acceptors (Lipinski definition) is 0. The van der Waals surface area contributed by atoms with Crippen LogP contribution in [0.4, 0.5) is 0 Å². The topological polar surface area (TPSA) is 0 Å². The third-order valence-electron chi connectivity index (χ3n) is 7.10. The zero-order valence-electron chi connectivity index (χ0n) is 20.1. The predicted molar refractivity (Wildman–Crippen MR) is 143 cm³/mol. The van der Waals surface area contributed by atoms with Crippen LogP contribution in [-0.4, -0.2) is 0 Å². The van der Waals surface area contributed by atoms with Crippen molar-refractivity contribution < 1.29 is 0 Å². The fourth-order valence-electron chi connectivity index (χ4n) is 5.69. The second-order valence-corrected chi connectivity index (χ2v) is 9.14. The molecule has 33 heavy (non-hydrogen) atoms. The molecule has 0 fully saturated rings. The maximum Gasteiger partial charge on any atom is 0.0710 e. The van der Waals surface area contributed by atoms with Gasteiger partial charge in [-0.25, -0.2) is 0 Å². The summed E-state index contributed by atoms with van der Waals surface area (Å²) in [7, 11) is 0. The summed E-state index contributed by atoms with van der Waals surface area (Å²) in [5.41, 5.74) is 9.41. The minimum absolute atomic E-state index is 0.285. The molecule has 2 unspecified atom stereocenters. The van der Waals surface area contributed by atoms with Crippen molar-refractivity contribution >= 4 is 16.3 Å². The van der Waals surface area contributed by atoms with Gasteiger partial charge in [0.05, 0.1) is 5.41 Å². The Balaban J connectivity index is 0.00000111. The van der Waals surface area contributed by atoms with Crippen molar-refractivity contribution in [2.24, 2.45) is 5.92 Å². The molecule has 2 atom stereocenters. The molecule has 0 spiro atoms. The van der Waals surface area contributed by atoms with Gasteiger partial charge in [-0.1, -0.05) is 123 Å². The molecule has 0 bridgehead atoms. The molecule has 0 heterocycles. The maximum atomic E-state index is 2.53. The van der Waals surface area contributed by atoms with Crippen LogP contribution in [0.3, 0.4) is 0 Å². The van der Waals surface area contributed by atoms with Gasteiger partial charge in [0.1, 0.15) is 0 Å². The van der Waals surface area contributed by atoms with Crippen LogP contribution in [0.15, 0.2) is 109 Å². The van der Waals surface area contributed by atoms with Crippen molar-refractivity contribution in [3.63, 3.8) is 0 Å². The molecule has 0 aliphatic heterocycles. The van der Waals surface area contributed by atoms with E-state index in [2.05, 4.69) is 117 Å². The molecule has 0 N–H and O–H groups in total. The van der Waals surface area contributed by atoms with Gasteiger partial charge < -0.3 is 0 Å². The minimum Gasteiger partial charge on any atom is -0.0760 e. The molecule has 0 saturated carbocycles. The maximum absolute atomic E-state index is 2.53. The van der Waals surface area contributed by atoms with Gasteiger partial charge in [-0.05, 0) is 69.5 Å². The summed E-state index contributed by atoms with van der Waals surface area (Å²) >= 11 is 0. The first-order valence-electron chi connectivity index (χ1n) is 12.3. The Morgan fingerprint density at radius 2 is 1.45 bits per heavy atom. The lowest BCUT2D eigenvalue weighted by molar-refractivity contribution is 0.695. The zero-order valence-corrected chi connectivity index (χ0v) is 20.1. The Kier molecular flexibility index (Phi) is 5.54. The van der Waals surface area contributed by atoms with Crippen LogP contribution >= 0.6 is 0 Å². The number of allylic oxidation sites excluding steroid dienone is 4. The standard InChI is InChI=1S/C31H26.C2H6/c1-21-12-16-27-28-17-13-22(2)19-30(28)31(29(27)18-21,25-10-4-3-5-11-25)26-15-14-23-8-6-7-9-24(23)20-26;1-2/h3-12,14-20,22H,13H2,1-2H3;1-2H3. The van der Waals surface area contributed by atoms with Crippen LogP contribution in [0.5, 0.6) is 0 Å². The molecule has 0 radical (unpaired) electrons. The molecule has 0 saturated heterocycles. The monoisotopic (exact) mass is 428 g/mol. The van der Waals surface area contributed by atoms with E-state index in [1.807, 2.05) is 13.8 Å². The van der Waals surface area contributed by atoms with Crippen molar-refractivity contribution in [1.29, 1.82) is 0 Å². The third kappa shape index (κ3) is 3.28. The smallest absolute Gasteiger partial charge is 0.0710 e. The number of hydrogen-bond donors (Lipinski definition) is 0. The van der Waals surface area contributed by atoms with Crippen LogP contribution in [0.2, 0.25) is 0 Å². The highest BCUT2D eigenvalue weighted by atomic mass is 14.5. The fraction of sp³-hybridized carbons (Fsp3) is 0.212. The predicted octanol–water partition coefficient (Wildman–Crippen LogP) is 8.87. The van der Waals surface area contributed by atoms with Gasteiger partial charge in [-0.2, -0.15) is 0 Å². The van der Waals surface area contributed by atoms with Gasteiger partial charge in [-0.15, -0.1) is 0 Å². The molecule has 0 aromatic heterocycles. The Hall–Kier alpha value is -3.38. The number of aryl methyl sites for hydroxylation is 1. The summed E-state index contributed by atoms with van der Waals surface area (Å²) in [6.45, 7) is 8.55. The van der Waals surface area contributed by atoms with E-state index in [-0.39, 0.29) is 5.41 Å².